The van der Waals surface area contributed by atoms with E-state index >= 15 is 0 Å². The van der Waals surface area contributed by atoms with Crippen LogP contribution in [0.3, 0.4) is 0 Å². The lowest BCUT2D eigenvalue weighted by atomic mass is 10.1. The second-order valence-electron chi connectivity index (χ2n) is 6.86. The van der Waals surface area contributed by atoms with Gasteiger partial charge in [-0.2, -0.15) is 0 Å². The van der Waals surface area contributed by atoms with Crippen molar-refractivity contribution in [3.8, 4) is 17.2 Å². The van der Waals surface area contributed by atoms with Gasteiger partial charge in [-0.1, -0.05) is 13.0 Å². The summed E-state index contributed by atoms with van der Waals surface area (Å²) in [5.41, 5.74) is -0.548. The Labute approximate surface area is 178 Å². The SMILES string of the molecule is CCC(C)NC(=O)c1cc2ccc(OC(=O)c3c(OC)cccc3OC)cc2oc1=O. The fraction of sp³-hybridized carbons (Fsp3) is 0.261. The lowest BCUT2D eigenvalue weighted by Crippen LogP contribution is -2.34. The fourth-order valence-corrected chi connectivity index (χ4v) is 2.93. The van der Waals surface area contributed by atoms with E-state index in [-0.39, 0.29) is 28.5 Å². The average Bonchev–Trinajstić information content (AvgIpc) is 2.77. The summed E-state index contributed by atoms with van der Waals surface area (Å²) >= 11 is 0. The predicted octanol–water partition coefficient (Wildman–Crippen LogP) is 3.56. The third-order valence-electron chi connectivity index (χ3n) is 4.78. The highest BCUT2D eigenvalue weighted by molar-refractivity contribution is 5.98. The number of carbonyl (C=O) groups excluding carboxylic acids is 2. The zero-order valence-electron chi connectivity index (χ0n) is 17.7. The molecule has 1 atom stereocenters. The Morgan fingerprint density at radius 1 is 1.06 bits per heavy atom. The van der Waals surface area contributed by atoms with Crippen molar-refractivity contribution in [2.24, 2.45) is 0 Å². The quantitative estimate of drug-likeness (QED) is 0.351. The number of amides is 1. The van der Waals surface area contributed by atoms with E-state index in [0.717, 1.165) is 6.42 Å². The average molecular weight is 425 g/mol. The molecule has 162 valence electrons. The minimum Gasteiger partial charge on any atom is -0.496 e. The van der Waals surface area contributed by atoms with Crippen LogP contribution >= 0.6 is 0 Å². The Morgan fingerprint density at radius 2 is 1.74 bits per heavy atom. The van der Waals surface area contributed by atoms with Crippen LogP contribution in [0.15, 0.2) is 51.7 Å². The van der Waals surface area contributed by atoms with Crippen LogP contribution in [0.4, 0.5) is 0 Å². The van der Waals surface area contributed by atoms with E-state index in [0.29, 0.717) is 16.9 Å². The van der Waals surface area contributed by atoms with Crippen molar-refractivity contribution in [3.05, 3.63) is 64.0 Å². The third-order valence-corrected chi connectivity index (χ3v) is 4.78. The van der Waals surface area contributed by atoms with E-state index in [1.165, 1.54) is 26.4 Å². The standard InChI is InChI=1S/C23H23NO7/c1-5-13(2)24-21(25)16-11-14-9-10-15(12-19(14)31-22(16)26)30-23(27)20-17(28-3)7-6-8-18(20)29-4/h6-13H,5H2,1-4H3,(H,24,25). The molecule has 0 spiro atoms. The van der Waals surface area contributed by atoms with E-state index in [1.807, 2.05) is 13.8 Å². The highest BCUT2D eigenvalue weighted by Crippen LogP contribution is 2.30. The van der Waals surface area contributed by atoms with Gasteiger partial charge in [0.05, 0.1) is 14.2 Å². The lowest BCUT2D eigenvalue weighted by Gasteiger charge is -2.12. The number of rotatable bonds is 7. The highest BCUT2D eigenvalue weighted by Gasteiger charge is 2.21. The largest absolute Gasteiger partial charge is 0.496 e. The molecule has 1 unspecified atom stereocenters. The van der Waals surface area contributed by atoms with Crippen LogP contribution in [0.5, 0.6) is 17.2 Å². The highest BCUT2D eigenvalue weighted by atomic mass is 16.5. The number of methoxy groups -OCH3 is 2. The van der Waals surface area contributed by atoms with Gasteiger partial charge in [0.2, 0.25) is 0 Å². The van der Waals surface area contributed by atoms with Gasteiger partial charge in [0.15, 0.2) is 0 Å². The number of hydrogen-bond donors (Lipinski definition) is 1. The normalized spacial score (nSPS) is 11.6. The number of nitrogens with one attached hydrogen (secondary N) is 1. The maximum Gasteiger partial charge on any atom is 0.351 e. The molecule has 1 N–H and O–H groups in total. The van der Waals surface area contributed by atoms with Crippen molar-refractivity contribution in [2.75, 3.05) is 14.2 Å². The smallest absolute Gasteiger partial charge is 0.351 e. The fourth-order valence-electron chi connectivity index (χ4n) is 2.93. The second kappa shape index (κ2) is 9.34. The van der Waals surface area contributed by atoms with Gasteiger partial charge in [-0.05, 0) is 43.7 Å². The van der Waals surface area contributed by atoms with Gasteiger partial charge in [0, 0.05) is 17.5 Å². The van der Waals surface area contributed by atoms with Gasteiger partial charge in [-0.25, -0.2) is 9.59 Å². The van der Waals surface area contributed by atoms with E-state index in [4.69, 9.17) is 18.6 Å². The molecule has 31 heavy (non-hydrogen) atoms. The minimum atomic E-state index is -0.775. The van der Waals surface area contributed by atoms with E-state index in [2.05, 4.69) is 5.32 Å². The minimum absolute atomic E-state index is 0.0728. The predicted molar refractivity (Wildman–Crippen MR) is 114 cm³/mol. The Bertz CT molecular complexity index is 1160. The second-order valence-corrected chi connectivity index (χ2v) is 6.86. The summed E-state index contributed by atoms with van der Waals surface area (Å²) in [6, 6.07) is 10.8. The Morgan fingerprint density at radius 3 is 2.35 bits per heavy atom. The molecule has 0 saturated carbocycles. The third kappa shape index (κ3) is 4.69. The zero-order valence-corrected chi connectivity index (χ0v) is 17.7. The maximum absolute atomic E-state index is 12.7. The van der Waals surface area contributed by atoms with Crippen LogP contribution in [0.2, 0.25) is 0 Å². The van der Waals surface area contributed by atoms with Gasteiger partial charge >= 0.3 is 11.6 Å². The molecule has 1 heterocycles. The first kappa shape index (κ1) is 21.9. The Hall–Kier alpha value is -3.81. The monoisotopic (exact) mass is 425 g/mol. The van der Waals surface area contributed by atoms with Gasteiger partial charge in [0.25, 0.3) is 5.91 Å². The van der Waals surface area contributed by atoms with Crippen molar-refractivity contribution in [1.82, 2.24) is 5.32 Å². The molecule has 0 saturated heterocycles. The van der Waals surface area contributed by atoms with Crippen LogP contribution in [-0.2, 0) is 0 Å². The molecular weight excluding hydrogens is 402 g/mol. The molecule has 0 aliphatic rings. The van der Waals surface area contributed by atoms with Gasteiger partial charge in [-0.3, -0.25) is 4.79 Å². The number of fused-ring (bicyclic) bond motifs is 1. The molecule has 1 aromatic heterocycles. The Kier molecular flexibility index (Phi) is 6.59. The van der Waals surface area contributed by atoms with E-state index in [9.17, 15) is 14.4 Å². The molecule has 0 bridgehead atoms. The summed E-state index contributed by atoms with van der Waals surface area (Å²) in [5.74, 6) is -0.433. The van der Waals surface area contributed by atoms with E-state index < -0.39 is 17.5 Å². The lowest BCUT2D eigenvalue weighted by molar-refractivity contribution is 0.0727. The van der Waals surface area contributed by atoms with Crippen LogP contribution in [0.1, 0.15) is 41.0 Å². The van der Waals surface area contributed by atoms with Crippen LogP contribution in [0.25, 0.3) is 11.0 Å². The number of hydrogen-bond acceptors (Lipinski definition) is 7. The van der Waals surface area contributed by atoms with Gasteiger partial charge in [-0.15, -0.1) is 0 Å². The first-order valence-corrected chi connectivity index (χ1v) is 9.69. The molecule has 8 nitrogen and oxygen atoms in total. The van der Waals surface area contributed by atoms with Crippen LogP contribution < -0.4 is 25.2 Å². The van der Waals surface area contributed by atoms with Gasteiger partial charge in [0.1, 0.15) is 34.0 Å². The number of esters is 1. The van der Waals surface area contributed by atoms with Gasteiger partial charge < -0.3 is 23.9 Å². The zero-order chi connectivity index (χ0) is 22.5. The van der Waals surface area contributed by atoms with Crippen molar-refractivity contribution in [3.63, 3.8) is 0 Å². The topological polar surface area (TPSA) is 104 Å². The van der Waals surface area contributed by atoms with Crippen LogP contribution in [0, 0.1) is 0 Å². The van der Waals surface area contributed by atoms with Crippen molar-refractivity contribution < 1.29 is 28.2 Å². The molecule has 8 heteroatoms. The molecular formula is C23H23NO7. The molecule has 2 aromatic carbocycles. The summed E-state index contributed by atoms with van der Waals surface area (Å²) in [6.07, 6.45) is 0.733. The van der Waals surface area contributed by atoms with Crippen molar-refractivity contribution in [2.45, 2.75) is 26.3 Å². The first-order chi connectivity index (χ1) is 14.9. The summed E-state index contributed by atoms with van der Waals surface area (Å²) in [6.45, 7) is 3.77. The summed E-state index contributed by atoms with van der Waals surface area (Å²) in [7, 11) is 2.87. The molecule has 0 radical (unpaired) electrons. The van der Waals surface area contributed by atoms with Crippen molar-refractivity contribution >= 4 is 22.8 Å². The molecule has 0 aliphatic heterocycles. The number of ether oxygens (including phenoxy) is 3. The van der Waals surface area contributed by atoms with Crippen molar-refractivity contribution in [1.29, 1.82) is 0 Å². The first-order valence-electron chi connectivity index (χ1n) is 9.69. The molecule has 3 aromatic rings. The summed E-state index contributed by atoms with van der Waals surface area (Å²) in [4.78, 5) is 37.3. The number of carbonyl (C=O) groups is 2. The summed E-state index contributed by atoms with van der Waals surface area (Å²) < 4.78 is 21.2. The molecule has 0 aliphatic carbocycles. The van der Waals surface area contributed by atoms with Crippen LogP contribution in [-0.4, -0.2) is 32.1 Å². The number of benzene rings is 2. The molecule has 1 amide bonds. The summed E-state index contributed by atoms with van der Waals surface area (Å²) in [5, 5.41) is 3.25. The van der Waals surface area contributed by atoms with E-state index in [1.54, 1.807) is 30.3 Å². The maximum atomic E-state index is 12.7. The Balaban J connectivity index is 1.90. The molecule has 0 fully saturated rings. The molecule has 3 rings (SSSR count).